The standard InChI is InChI=1S/2C8H7F3O.3C8H7F3.3C8H10O.C7H7Br/c1-6-2-4-7(5-3-6)12-8(9,10)11;1-6-3-2-4-7(5-6)12-8(9,10)11;1-6-2-4-7(5-3-6)8(9,10)11;1-6-3-2-4-7(5-6)8(9,10)11;1-6-4-2-3-5-7(6)8(9,10)11;1-7-3-5-8(9-2)6-4-7;1-7-4-3-5-8(6-7)9-2;1-7-5-3-4-6-8(7)9-2;1-6-4-2-3-5-7(6)8/h2*2-5H,1H3;3*2-5H,1H3;3*3-6H,1-2H3;2-5H,1H3. The van der Waals surface area contributed by atoms with E-state index >= 15 is 0 Å². The normalized spacial score (nSPS) is 10.6. The van der Waals surface area contributed by atoms with E-state index in [0.717, 1.165) is 64.3 Å². The summed E-state index contributed by atoms with van der Waals surface area (Å²) in [7, 11) is 5.03. The Bertz CT molecular complexity index is 3450. The van der Waals surface area contributed by atoms with Gasteiger partial charge in [0, 0.05) is 4.47 Å². The first-order valence-electron chi connectivity index (χ1n) is 27.3. The molecule has 9 aromatic rings. The third-order valence-electron chi connectivity index (χ3n) is 11.5. The van der Waals surface area contributed by atoms with E-state index in [2.05, 4.69) is 45.3 Å². The van der Waals surface area contributed by atoms with E-state index in [1.807, 2.05) is 105 Å². The van der Waals surface area contributed by atoms with Crippen molar-refractivity contribution in [1.29, 1.82) is 0 Å². The van der Waals surface area contributed by atoms with Crippen LogP contribution < -0.4 is 23.7 Å². The Morgan fingerprint density at radius 3 is 0.967 bits per heavy atom. The van der Waals surface area contributed by atoms with Crippen LogP contribution in [0.4, 0.5) is 65.9 Å². The molecule has 0 saturated carbocycles. The lowest BCUT2D eigenvalue weighted by Gasteiger charge is -2.08. The molecule has 9 aromatic carbocycles. The number of hydrogen-bond donors (Lipinski definition) is 0. The van der Waals surface area contributed by atoms with Gasteiger partial charge in [0.15, 0.2) is 0 Å². The maximum atomic E-state index is 12.0. The molecule has 0 unspecified atom stereocenters. The largest absolute Gasteiger partial charge is 0.573 e. The zero-order valence-corrected chi connectivity index (χ0v) is 54.0. The molecule has 0 heterocycles. The number of alkyl halides is 15. The molecule has 0 aliphatic heterocycles. The Morgan fingerprint density at radius 1 is 0.272 bits per heavy atom. The van der Waals surface area contributed by atoms with Gasteiger partial charge in [0.25, 0.3) is 0 Å². The van der Waals surface area contributed by atoms with Crippen LogP contribution in [0.25, 0.3) is 0 Å². The van der Waals surface area contributed by atoms with E-state index in [-0.39, 0.29) is 17.1 Å². The minimum Gasteiger partial charge on any atom is -0.497 e. The van der Waals surface area contributed by atoms with Crippen LogP contribution in [0.15, 0.2) is 223 Å². The Labute approximate surface area is 536 Å². The van der Waals surface area contributed by atoms with Gasteiger partial charge in [-0.25, -0.2) is 0 Å². The highest BCUT2D eigenvalue weighted by Gasteiger charge is 2.33. The maximum absolute atomic E-state index is 12.0. The van der Waals surface area contributed by atoms with Crippen molar-refractivity contribution in [3.8, 4) is 28.7 Å². The minimum atomic E-state index is -4.60. The topological polar surface area (TPSA) is 46.2 Å². The summed E-state index contributed by atoms with van der Waals surface area (Å²) < 4.78 is 201. The summed E-state index contributed by atoms with van der Waals surface area (Å²) in [5.74, 6) is 2.43. The molecule has 0 aliphatic rings. The second-order valence-electron chi connectivity index (χ2n) is 19.5. The van der Waals surface area contributed by atoms with Gasteiger partial charge in [-0.15, -0.1) is 26.3 Å². The summed E-state index contributed by atoms with van der Waals surface area (Å²) >= 11 is 3.40. The van der Waals surface area contributed by atoms with Crippen molar-refractivity contribution in [2.45, 2.75) is 93.6 Å². The van der Waals surface area contributed by atoms with Gasteiger partial charge in [-0.2, -0.15) is 39.5 Å². The molecule has 0 saturated heterocycles. The third-order valence-corrected chi connectivity index (χ3v) is 12.4. The van der Waals surface area contributed by atoms with Crippen LogP contribution in [-0.4, -0.2) is 34.1 Å². The first kappa shape index (κ1) is 81.4. The molecule has 0 aliphatic carbocycles. The first-order valence-corrected chi connectivity index (χ1v) is 28.1. The lowest BCUT2D eigenvalue weighted by Crippen LogP contribution is -2.17. The highest BCUT2D eigenvalue weighted by atomic mass is 79.9. The van der Waals surface area contributed by atoms with Gasteiger partial charge in [0.1, 0.15) is 28.7 Å². The molecule has 0 aromatic heterocycles. The number of methoxy groups -OCH3 is 3. The lowest BCUT2D eigenvalue weighted by atomic mass is 10.1. The first-order chi connectivity index (χ1) is 42.8. The second kappa shape index (κ2) is 40.3. The predicted molar refractivity (Wildman–Crippen MR) is 336 cm³/mol. The van der Waals surface area contributed by atoms with Crippen LogP contribution in [0, 0.1) is 62.3 Å². The van der Waals surface area contributed by atoms with Crippen LogP contribution in [0.5, 0.6) is 28.7 Å². The molecule has 9 rings (SSSR count). The Balaban J connectivity index is 0.000000519. The molecule has 0 atom stereocenters. The third kappa shape index (κ3) is 37.5. The monoisotopic (exact) mass is 1370 g/mol. The molecule has 0 N–H and O–H groups in total. The SMILES string of the molecule is COc1ccc(C)cc1.COc1cccc(C)c1.COc1ccccc1C.Cc1ccc(C(F)(F)F)cc1.Cc1ccc(OC(F)(F)F)cc1.Cc1cccc(C(F)(F)F)c1.Cc1cccc(OC(F)(F)F)c1.Cc1ccccc1Br.Cc1ccccc1C(F)(F)F. The Morgan fingerprint density at radius 2 is 0.641 bits per heavy atom. The van der Waals surface area contributed by atoms with Gasteiger partial charge < -0.3 is 23.7 Å². The molecule has 92 heavy (non-hydrogen) atoms. The molecular weight excluding hydrogens is 1300 g/mol. The van der Waals surface area contributed by atoms with Crippen molar-refractivity contribution in [2.24, 2.45) is 0 Å². The minimum absolute atomic E-state index is 0.178. The Hall–Kier alpha value is -8.59. The van der Waals surface area contributed by atoms with Crippen molar-refractivity contribution < 1.29 is 89.5 Å². The van der Waals surface area contributed by atoms with Gasteiger partial charge in [-0.3, -0.25) is 0 Å². The predicted octanol–water partition coefficient (Wildman–Crippen LogP) is 23.6. The summed E-state index contributed by atoms with van der Waals surface area (Å²) in [6, 6.07) is 59.3. The summed E-state index contributed by atoms with van der Waals surface area (Å²) in [5, 5.41) is 0. The highest BCUT2D eigenvalue weighted by molar-refractivity contribution is 9.10. The van der Waals surface area contributed by atoms with Crippen LogP contribution in [-0.2, 0) is 18.5 Å². The molecule has 5 nitrogen and oxygen atoms in total. The zero-order valence-electron chi connectivity index (χ0n) is 52.4. The Kier molecular flexibility index (Phi) is 35.7. The van der Waals surface area contributed by atoms with E-state index in [0.29, 0.717) is 5.56 Å². The van der Waals surface area contributed by atoms with E-state index in [9.17, 15) is 65.9 Å². The highest BCUT2D eigenvalue weighted by Crippen LogP contribution is 2.32. The zero-order chi connectivity index (χ0) is 69.9. The summed E-state index contributed by atoms with van der Waals surface area (Å²) in [6.07, 6.45) is -21.9. The number of halogens is 16. The van der Waals surface area contributed by atoms with Crippen LogP contribution in [0.3, 0.4) is 0 Å². The number of hydrogen-bond acceptors (Lipinski definition) is 5. The van der Waals surface area contributed by atoms with Crippen molar-refractivity contribution in [1.82, 2.24) is 0 Å². The van der Waals surface area contributed by atoms with Gasteiger partial charge in [-0.1, -0.05) is 172 Å². The van der Waals surface area contributed by atoms with Gasteiger partial charge in [-0.05, 0) is 175 Å². The van der Waals surface area contributed by atoms with E-state index in [1.54, 1.807) is 79.4 Å². The number of ether oxygens (including phenoxy) is 5. The number of rotatable bonds is 5. The van der Waals surface area contributed by atoms with Gasteiger partial charge in [0.05, 0.1) is 38.0 Å². The van der Waals surface area contributed by atoms with Gasteiger partial charge >= 0.3 is 31.3 Å². The molecular formula is C71H72BrF15O5. The molecule has 0 radical (unpaired) electrons. The smallest absolute Gasteiger partial charge is 0.497 e. The quantitative estimate of drug-likeness (QED) is 0.161. The molecule has 498 valence electrons. The van der Waals surface area contributed by atoms with Crippen molar-refractivity contribution in [3.05, 3.63) is 290 Å². The molecule has 0 amide bonds. The van der Waals surface area contributed by atoms with E-state index < -0.39 is 47.9 Å². The number of aryl methyl sites for hydroxylation is 9. The summed E-state index contributed by atoms with van der Waals surface area (Å²) in [6.45, 7) is 16.5. The van der Waals surface area contributed by atoms with E-state index in [4.69, 9.17) is 14.2 Å². The van der Waals surface area contributed by atoms with E-state index in [1.165, 1.54) is 94.3 Å². The van der Waals surface area contributed by atoms with Crippen LogP contribution in [0.1, 0.15) is 66.8 Å². The van der Waals surface area contributed by atoms with Crippen molar-refractivity contribution in [3.63, 3.8) is 0 Å². The summed E-state index contributed by atoms with van der Waals surface area (Å²) in [4.78, 5) is 0. The maximum Gasteiger partial charge on any atom is 0.573 e. The van der Waals surface area contributed by atoms with Crippen LogP contribution in [0.2, 0.25) is 0 Å². The fourth-order valence-electron chi connectivity index (χ4n) is 6.76. The average molecular weight is 1370 g/mol. The van der Waals surface area contributed by atoms with Crippen molar-refractivity contribution in [2.75, 3.05) is 21.3 Å². The molecule has 0 spiro atoms. The second-order valence-corrected chi connectivity index (χ2v) is 20.4. The average Bonchev–Trinajstić information content (AvgIpc) is 1.05. The molecule has 0 fully saturated rings. The van der Waals surface area contributed by atoms with Gasteiger partial charge in [0.2, 0.25) is 0 Å². The molecule has 21 heteroatoms. The van der Waals surface area contributed by atoms with Crippen LogP contribution >= 0.6 is 15.9 Å². The molecule has 0 bridgehead atoms. The number of para-hydroxylation sites is 1. The number of benzene rings is 9. The lowest BCUT2D eigenvalue weighted by molar-refractivity contribution is -0.275. The fraction of sp³-hybridized carbons (Fsp3) is 0.239. The summed E-state index contributed by atoms with van der Waals surface area (Å²) in [5.41, 5.74) is 6.57. The fourth-order valence-corrected chi connectivity index (χ4v) is 7.05. The van der Waals surface area contributed by atoms with Crippen molar-refractivity contribution >= 4 is 15.9 Å².